The maximum absolute atomic E-state index is 13.2. The second-order valence-corrected chi connectivity index (χ2v) is 8.38. The number of hydrogen-bond donors (Lipinski definition) is 2. The van der Waals surface area contributed by atoms with E-state index >= 15 is 0 Å². The summed E-state index contributed by atoms with van der Waals surface area (Å²) in [6, 6.07) is 6.45. The van der Waals surface area contributed by atoms with Crippen LogP contribution in [-0.2, 0) is 14.4 Å². The maximum atomic E-state index is 13.2. The van der Waals surface area contributed by atoms with Gasteiger partial charge in [-0.2, -0.15) is 0 Å². The van der Waals surface area contributed by atoms with Crippen LogP contribution in [0.15, 0.2) is 30.0 Å². The number of imide groups is 1. The van der Waals surface area contributed by atoms with Gasteiger partial charge >= 0.3 is 0 Å². The van der Waals surface area contributed by atoms with E-state index in [-0.39, 0.29) is 17.5 Å². The highest BCUT2D eigenvalue weighted by atomic mass is 16.3. The lowest BCUT2D eigenvalue weighted by Gasteiger charge is -2.27. The largest absolute Gasteiger partial charge is 0.502 e. The summed E-state index contributed by atoms with van der Waals surface area (Å²) in [6.45, 7) is 1.42. The highest BCUT2D eigenvalue weighted by Crippen LogP contribution is 2.33. The lowest BCUT2D eigenvalue weighted by Crippen LogP contribution is -2.41. The molecule has 1 aliphatic heterocycles. The van der Waals surface area contributed by atoms with Crippen LogP contribution < -0.4 is 5.32 Å². The fourth-order valence-electron chi connectivity index (χ4n) is 4.45. The predicted octanol–water partition coefficient (Wildman–Crippen LogP) is 4.96. The second kappa shape index (κ2) is 10.4. The molecule has 0 saturated heterocycles. The number of rotatable bonds is 3. The smallest absolute Gasteiger partial charge is 0.296 e. The number of carbonyl (C=O) groups is 3. The van der Waals surface area contributed by atoms with Crippen molar-refractivity contribution in [2.24, 2.45) is 0 Å². The molecule has 6 nitrogen and oxygen atoms in total. The minimum atomic E-state index is -0.585. The van der Waals surface area contributed by atoms with Gasteiger partial charge < -0.3 is 10.4 Å². The number of benzene rings is 1. The summed E-state index contributed by atoms with van der Waals surface area (Å²) in [5.74, 6) is -1.66. The molecular formula is C24H32N2O4. The number of hydrogen-bond acceptors (Lipinski definition) is 4. The van der Waals surface area contributed by atoms with Crippen LogP contribution in [0.25, 0.3) is 5.57 Å². The van der Waals surface area contributed by atoms with E-state index in [0.29, 0.717) is 11.3 Å². The predicted molar refractivity (Wildman–Crippen MR) is 117 cm³/mol. The molecule has 1 aromatic rings. The Bertz CT molecular complexity index is 801. The average molecular weight is 413 g/mol. The van der Waals surface area contributed by atoms with Crippen molar-refractivity contribution in [2.75, 3.05) is 5.32 Å². The zero-order valence-electron chi connectivity index (χ0n) is 17.8. The molecule has 2 N–H and O–H groups in total. The third kappa shape index (κ3) is 5.29. The van der Waals surface area contributed by atoms with Gasteiger partial charge in [0.25, 0.3) is 11.8 Å². The first-order chi connectivity index (χ1) is 14.5. The van der Waals surface area contributed by atoms with E-state index in [9.17, 15) is 19.5 Å². The van der Waals surface area contributed by atoms with Crippen LogP contribution in [0.2, 0.25) is 0 Å². The van der Waals surface area contributed by atoms with Crippen LogP contribution in [0.4, 0.5) is 5.69 Å². The van der Waals surface area contributed by atoms with Crippen molar-refractivity contribution in [3.8, 4) is 0 Å². The van der Waals surface area contributed by atoms with Gasteiger partial charge in [-0.3, -0.25) is 19.3 Å². The van der Waals surface area contributed by atoms with Crippen LogP contribution in [0, 0.1) is 0 Å². The molecule has 0 aromatic heterocycles. The fourth-order valence-corrected chi connectivity index (χ4v) is 4.45. The molecule has 1 aromatic carbocycles. The molecule has 6 heteroatoms. The summed E-state index contributed by atoms with van der Waals surface area (Å²) in [4.78, 5) is 38.5. The van der Waals surface area contributed by atoms with Gasteiger partial charge in [-0.25, -0.2) is 0 Å². The number of aliphatic hydroxyl groups is 1. The van der Waals surface area contributed by atoms with Gasteiger partial charge in [0.1, 0.15) is 0 Å². The van der Waals surface area contributed by atoms with Crippen LogP contribution in [0.1, 0.15) is 83.1 Å². The van der Waals surface area contributed by atoms with E-state index in [0.717, 1.165) is 38.5 Å². The molecule has 1 heterocycles. The molecule has 30 heavy (non-hydrogen) atoms. The van der Waals surface area contributed by atoms with Crippen molar-refractivity contribution in [1.29, 1.82) is 0 Å². The van der Waals surface area contributed by atoms with Crippen molar-refractivity contribution in [2.45, 2.75) is 83.6 Å². The van der Waals surface area contributed by atoms with Gasteiger partial charge in [0.2, 0.25) is 5.91 Å². The monoisotopic (exact) mass is 412 g/mol. The molecule has 1 aliphatic carbocycles. The third-order valence-electron chi connectivity index (χ3n) is 6.02. The summed E-state index contributed by atoms with van der Waals surface area (Å²) < 4.78 is 0. The molecule has 0 atom stereocenters. The Morgan fingerprint density at radius 1 is 0.867 bits per heavy atom. The summed E-state index contributed by atoms with van der Waals surface area (Å²) in [5.41, 5.74) is 1.13. The number of aliphatic hydroxyl groups excluding tert-OH is 1. The number of carbonyl (C=O) groups excluding carboxylic acids is 3. The molecule has 1 fully saturated rings. The Labute approximate surface area is 178 Å². The second-order valence-electron chi connectivity index (χ2n) is 8.38. The normalized spacial score (nSPS) is 20.1. The van der Waals surface area contributed by atoms with E-state index in [1.807, 2.05) is 0 Å². The SMILES string of the molecule is CC(=O)Nc1ccc(C2=C(O)C(=O)N(C3CCCCCCCCCCC3)C2=O)cc1. The van der Waals surface area contributed by atoms with Crippen LogP contribution in [0.5, 0.6) is 0 Å². The first kappa shape index (κ1) is 22.1. The number of amides is 3. The fraction of sp³-hybridized carbons (Fsp3) is 0.542. The molecule has 162 valence electrons. The summed E-state index contributed by atoms with van der Waals surface area (Å²) in [6.07, 6.45) is 12.0. The van der Waals surface area contributed by atoms with E-state index in [4.69, 9.17) is 0 Å². The zero-order valence-corrected chi connectivity index (χ0v) is 17.8. The molecule has 0 bridgehead atoms. The molecule has 2 aliphatic rings. The Balaban J connectivity index is 1.76. The first-order valence-corrected chi connectivity index (χ1v) is 11.2. The quantitative estimate of drug-likeness (QED) is 0.687. The third-order valence-corrected chi connectivity index (χ3v) is 6.02. The summed E-state index contributed by atoms with van der Waals surface area (Å²) >= 11 is 0. The summed E-state index contributed by atoms with van der Waals surface area (Å²) in [5, 5.41) is 13.2. The minimum absolute atomic E-state index is 0.0560. The van der Waals surface area contributed by atoms with Crippen molar-refractivity contribution < 1.29 is 19.5 Å². The number of anilines is 1. The van der Waals surface area contributed by atoms with Gasteiger partial charge in [0, 0.05) is 18.7 Å². The minimum Gasteiger partial charge on any atom is -0.502 e. The Kier molecular flexibility index (Phi) is 7.66. The molecule has 1 saturated carbocycles. The number of nitrogens with zero attached hydrogens (tertiary/aromatic N) is 1. The Morgan fingerprint density at radius 2 is 1.37 bits per heavy atom. The van der Waals surface area contributed by atoms with Crippen LogP contribution in [-0.4, -0.2) is 33.8 Å². The van der Waals surface area contributed by atoms with Crippen molar-refractivity contribution in [3.63, 3.8) is 0 Å². The van der Waals surface area contributed by atoms with Crippen LogP contribution >= 0.6 is 0 Å². The first-order valence-electron chi connectivity index (χ1n) is 11.2. The highest BCUT2D eigenvalue weighted by molar-refractivity contribution is 6.35. The van der Waals surface area contributed by atoms with Gasteiger partial charge in [-0.15, -0.1) is 0 Å². The standard InChI is InChI=1S/C24H32N2O4/c1-17(27)25-19-15-13-18(14-16-19)21-22(28)24(30)26(23(21)29)20-11-9-7-5-3-2-4-6-8-10-12-20/h13-16,20,28H,2-12H2,1H3,(H,25,27). The van der Waals surface area contributed by atoms with Crippen molar-refractivity contribution >= 4 is 29.0 Å². The van der Waals surface area contributed by atoms with E-state index in [2.05, 4.69) is 5.32 Å². The molecule has 0 spiro atoms. The lowest BCUT2D eigenvalue weighted by molar-refractivity contribution is -0.141. The van der Waals surface area contributed by atoms with Gasteiger partial charge in [0.05, 0.1) is 5.57 Å². The topological polar surface area (TPSA) is 86.7 Å². The van der Waals surface area contributed by atoms with E-state index in [1.54, 1.807) is 24.3 Å². The van der Waals surface area contributed by atoms with Gasteiger partial charge in [-0.05, 0) is 30.5 Å². The van der Waals surface area contributed by atoms with Gasteiger partial charge in [-0.1, -0.05) is 69.9 Å². The Morgan fingerprint density at radius 3 is 1.87 bits per heavy atom. The molecule has 0 radical (unpaired) electrons. The van der Waals surface area contributed by atoms with E-state index < -0.39 is 17.6 Å². The zero-order chi connectivity index (χ0) is 21.5. The molecule has 3 rings (SSSR count). The Hall–Kier alpha value is -2.63. The van der Waals surface area contributed by atoms with E-state index in [1.165, 1.54) is 43.9 Å². The lowest BCUT2D eigenvalue weighted by atomic mass is 9.96. The average Bonchev–Trinajstić information content (AvgIpc) is 2.92. The van der Waals surface area contributed by atoms with Crippen LogP contribution in [0.3, 0.4) is 0 Å². The molecule has 3 amide bonds. The summed E-state index contributed by atoms with van der Waals surface area (Å²) in [7, 11) is 0. The van der Waals surface area contributed by atoms with Crippen molar-refractivity contribution in [1.82, 2.24) is 4.90 Å². The van der Waals surface area contributed by atoms with Gasteiger partial charge in [0.15, 0.2) is 5.76 Å². The molecule has 0 unspecified atom stereocenters. The maximum Gasteiger partial charge on any atom is 0.296 e. The molecular weight excluding hydrogens is 380 g/mol. The van der Waals surface area contributed by atoms with Crippen molar-refractivity contribution in [3.05, 3.63) is 35.6 Å². The highest BCUT2D eigenvalue weighted by Gasteiger charge is 2.42. The number of nitrogens with one attached hydrogen (secondary N) is 1.